The van der Waals surface area contributed by atoms with Crippen molar-refractivity contribution in [3.8, 4) is 0 Å². The first-order valence-corrected chi connectivity index (χ1v) is 13.9. The van der Waals surface area contributed by atoms with Crippen molar-refractivity contribution in [3.63, 3.8) is 0 Å². The standard InChI is InChI=1S/C27H29Cl2N3O4S/c1-19(2)30-27(34)20(3)31(17-21-9-7-8-12-25(21)29)26(33)18-32(23-15-13-22(28)14-16-23)37(35,36)24-10-5-4-6-11-24/h4-16,19-20H,17-18H2,1-3H3,(H,30,34). The van der Waals surface area contributed by atoms with Gasteiger partial charge in [0.05, 0.1) is 10.6 Å². The molecule has 0 aromatic heterocycles. The molecular weight excluding hydrogens is 533 g/mol. The normalized spacial score (nSPS) is 12.2. The number of anilines is 1. The Balaban J connectivity index is 2.02. The smallest absolute Gasteiger partial charge is 0.264 e. The van der Waals surface area contributed by atoms with Crippen LogP contribution in [-0.4, -0.2) is 43.8 Å². The van der Waals surface area contributed by atoms with E-state index in [0.29, 0.717) is 15.6 Å². The van der Waals surface area contributed by atoms with E-state index >= 15 is 0 Å². The zero-order chi connectivity index (χ0) is 27.2. The van der Waals surface area contributed by atoms with Crippen LogP contribution in [0.4, 0.5) is 5.69 Å². The minimum absolute atomic E-state index is 0.0189. The van der Waals surface area contributed by atoms with Gasteiger partial charge in [0.2, 0.25) is 11.8 Å². The Kier molecular flexibility index (Phi) is 9.59. The first kappa shape index (κ1) is 28.5. The molecule has 0 aliphatic heterocycles. The van der Waals surface area contributed by atoms with Gasteiger partial charge in [-0.2, -0.15) is 0 Å². The average molecular weight is 563 g/mol. The van der Waals surface area contributed by atoms with Crippen LogP contribution in [-0.2, 0) is 26.2 Å². The number of carbonyl (C=O) groups is 2. The Morgan fingerprint density at radius 2 is 1.46 bits per heavy atom. The lowest BCUT2D eigenvalue weighted by Crippen LogP contribution is -2.52. The summed E-state index contributed by atoms with van der Waals surface area (Å²) in [7, 11) is -4.13. The second-order valence-corrected chi connectivity index (χ2v) is 11.5. The number of carbonyl (C=O) groups excluding carboxylic acids is 2. The third-order valence-electron chi connectivity index (χ3n) is 5.62. The van der Waals surface area contributed by atoms with E-state index in [-0.39, 0.29) is 29.1 Å². The molecule has 0 radical (unpaired) electrons. The molecule has 37 heavy (non-hydrogen) atoms. The Morgan fingerprint density at radius 1 is 0.865 bits per heavy atom. The second kappa shape index (κ2) is 12.4. The lowest BCUT2D eigenvalue weighted by Gasteiger charge is -2.32. The highest BCUT2D eigenvalue weighted by molar-refractivity contribution is 7.92. The van der Waals surface area contributed by atoms with E-state index in [2.05, 4.69) is 5.32 Å². The van der Waals surface area contributed by atoms with Crippen molar-refractivity contribution in [2.45, 2.75) is 44.3 Å². The number of nitrogens with one attached hydrogen (secondary N) is 1. The highest BCUT2D eigenvalue weighted by Crippen LogP contribution is 2.26. The Bertz CT molecular complexity index is 1330. The summed E-state index contributed by atoms with van der Waals surface area (Å²) in [5, 5.41) is 3.67. The molecule has 0 aliphatic carbocycles. The van der Waals surface area contributed by atoms with E-state index in [0.717, 1.165) is 4.31 Å². The number of rotatable bonds is 10. The van der Waals surface area contributed by atoms with Gasteiger partial charge in [0, 0.05) is 22.6 Å². The lowest BCUT2D eigenvalue weighted by atomic mass is 10.1. The van der Waals surface area contributed by atoms with Crippen LogP contribution < -0.4 is 9.62 Å². The number of benzene rings is 3. The summed E-state index contributed by atoms with van der Waals surface area (Å²) in [5.41, 5.74) is 0.893. The van der Waals surface area contributed by atoms with Gasteiger partial charge in [0.25, 0.3) is 10.0 Å². The Morgan fingerprint density at radius 3 is 2.05 bits per heavy atom. The van der Waals surface area contributed by atoms with Crippen LogP contribution in [0.15, 0.2) is 83.8 Å². The average Bonchev–Trinajstić information content (AvgIpc) is 2.87. The molecular formula is C27H29Cl2N3O4S. The van der Waals surface area contributed by atoms with Crippen molar-refractivity contribution in [2.24, 2.45) is 0 Å². The minimum Gasteiger partial charge on any atom is -0.352 e. The monoisotopic (exact) mass is 561 g/mol. The molecule has 1 unspecified atom stereocenters. The maximum atomic E-state index is 13.8. The molecule has 3 aromatic carbocycles. The second-order valence-electron chi connectivity index (χ2n) is 8.75. The van der Waals surface area contributed by atoms with Crippen LogP contribution in [0, 0.1) is 0 Å². The highest BCUT2D eigenvalue weighted by atomic mass is 35.5. The quantitative estimate of drug-likeness (QED) is 0.371. The van der Waals surface area contributed by atoms with Gasteiger partial charge in [-0.25, -0.2) is 8.42 Å². The van der Waals surface area contributed by atoms with Gasteiger partial charge >= 0.3 is 0 Å². The van der Waals surface area contributed by atoms with Crippen LogP contribution in [0.3, 0.4) is 0 Å². The predicted octanol–water partition coefficient (Wildman–Crippen LogP) is 5.13. The largest absolute Gasteiger partial charge is 0.352 e. The Labute approximate surface area is 228 Å². The molecule has 2 amide bonds. The maximum Gasteiger partial charge on any atom is 0.264 e. The summed E-state index contributed by atoms with van der Waals surface area (Å²) in [6.07, 6.45) is 0. The van der Waals surface area contributed by atoms with Crippen molar-refractivity contribution in [3.05, 3.63) is 94.5 Å². The van der Waals surface area contributed by atoms with E-state index in [9.17, 15) is 18.0 Å². The summed E-state index contributed by atoms with van der Waals surface area (Å²) in [4.78, 5) is 28.1. The van der Waals surface area contributed by atoms with E-state index < -0.39 is 28.5 Å². The Hall–Kier alpha value is -3.07. The predicted molar refractivity (Wildman–Crippen MR) is 147 cm³/mol. The molecule has 3 aromatic rings. The van der Waals surface area contributed by atoms with Gasteiger partial charge in [0.15, 0.2) is 0 Å². The molecule has 0 saturated carbocycles. The van der Waals surface area contributed by atoms with Crippen molar-refractivity contribution in [1.29, 1.82) is 0 Å². The van der Waals surface area contributed by atoms with Crippen LogP contribution >= 0.6 is 23.2 Å². The van der Waals surface area contributed by atoms with Gasteiger partial charge in [-0.05, 0) is 68.8 Å². The fraction of sp³-hybridized carbons (Fsp3) is 0.259. The summed E-state index contributed by atoms with van der Waals surface area (Å²) >= 11 is 12.4. The number of amides is 2. The fourth-order valence-corrected chi connectivity index (χ4v) is 5.41. The molecule has 0 aliphatic rings. The highest BCUT2D eigenvalue weighted by Gasteiger charge is 2.32. The van der Waals surface area contributed by atoms with E-state index in [1.165, 1.54) is 29.2 Å². The number of halogens is 2. The van der Waals surface area contributed by atoms with Gasteiger partial charge < -0.3 is 10.2 Å². The summed E-state index contributed by atoms with van der Waals surface area (Å²) in [6, 6.07) is 20.0. The zero-order valence-electron chi connectivity index (χ0n) is 20.8. The van der Waals surface area contributed by atoms with Crippen molar-refractivity contribution in [2.75, 3.05) is 10.8 Å². The van der Waals surface area contributed by atoms with Gasteiger partial charge in [0.1, 0.15) is 12.6 Å². The van der Waals surface area contributed by atoms with Crippen molar-refractivity contribution >= 4 is 50.7 Å². The van der Waals surface area contributed by atoms with E-state index in [1.54, 1.807) is 61.5 Å². The molecule has 0 saturated heterocycles. The SMILES string of the molecule is CC(C)NC(=O)C(C)N(Cc1ccccc1Cl)C(=O)CN(c1ccc(Cl)cc1)S(=O)(=O)c1ccccc1. The van der Waals surface area contributed by atoms with Crippen LogP contribution in [0.5, 0.6) is 0 Å². The molecule has 0 fully saturated rings. The van der Waals surface area contributed by atoms with Crippen LogP contribution in [0.1, 0.15) is 26.3 Å². The number of hydrogen-bond acceptors (Lipinski definition) is 4. The summed E-state index contributed by atoms with van der Waals surface area (Å²) in [5.74, 6) is -0.930. The number of nitrogens with zero attached hydrogens (tertiary/aromatic N) is 2. The lowest BCUT2D eigenvalue weighted by molar-refractivity contribution is -0.139. The van der Waals surface area contributed by atoms with Crippen LogP contribution in [0.25, 0.3) is 0 Å². The zero-order valence-corrected chi connectivity index (χ0v) is 23.1. The first-order valence-electron chi connectivity index (χ1n) is 11.7. The molecule has 1 N–H and O–H groups in total. The molecule has 3 rings (SSSR count). The molecule has 196 valence electrons. The third kappa shape index (κ3) is 7.25. The molecule has 0 heterocycles. The van der Waals surface area contributed by atoms with Gasteiger partial charge in [-0.15, -0.1) is 0 Å². The molecule has 10 heteroatoms. The minimum atomic E-state index is -4.13. The molecule has 0 spiro atoms. The van der Waals surface area contributed by atoms with Crippen LogP contribution in [0.2, 0.25) is 10.0 Å². The van der Waals surface area contributed by atoms with Gasteiger partial charge in [-0.3, -0.25) is 13.9 Å². The summed E-state index contributed by atoms with van der Waals surface area (Å²) in [6.45, 7) is 4.72. The van der Waals surface area contributed by atoms with E-state index in [4.69, 9.17) is 23.2 Å². The maximum absolute atomic E-state index is 13.8. The van der Waals surface area contributed by atoms with Crippen molar-refractivity contribution in [1.82, 2.24) is 10.2 Å². The molecule has 1 atom stereocenters. The molecule has 0 bridgehead atoms. The summed E-state index contributed by atoms with van der Waals surface area (Å²) < 4.78 is 28.3. The third-order valence-corrected chi connectivity index (χ3v) is 8.03. The van der Waals surface area contributed by atoms with Gasteiger partial charge in [-0.1, -0.05) is 59.6 Å². The fourth-order valence-electron chi connectivity index (χ4n) is 3.65. The number of sulfonamides is 1. The number of hydrogen-bond donors (Lipinski definition) is 1. The first-order chi connectivity index (χ1) is 17.5. The molecule has 7 nitrogen and oxygen atoms in total. The topological polar surface area (TPSA) is 86.8 Å². The van der Waals surface area contributed by atoms with Crippen molar-refractivity contribution < 1.29 is 18.0 Å². The van der Waals surface area contributed by atoms with E-state index in [1.807, 2.05) is 13.8 Å².